The molecule has 0 aliphatic carbocycles. The van der Waals surface area contributed by atoms with E-state index in [9.17, 15) is 13.2 Å². The van der Waals surface area contributed by atoms with Crippen molar-refractivity contribution in [3.05, 3.63) is 54.1 Å². The molecule has 1 atom stereocenters. The van der Waals surface area contributed by atoms with E-state index in [1.54, 1.807) is 18.2 Å². The maximum atomic E-state index is 12.2. The van der Waals surface area contributed by atoms with Gasteiger partial charge in [0, 0.05) is 6.26 Å². The third-order valence-corrected chi connectivity index (χ3v) is 5.14. The van der Waals surface area contributed by atoms with Gasteiger partial charge in [-0.3, -0.25) is 4.79 Å². The third-order valence-electron chi connectivity index (χ3n) is 3.98. The van der Waals surface area contributed by atoms with E-state index in [0.717, 1.165) is 18.2 Å². The largest absolute Gasteiger partial charge is 0.483 e. The summed E-state index contributed by atoms with van der Waals surface area (Å²) in [6.45, 7) is 4.01. The van der Waals surface area contributed by atoms with E-state index in [-0.39, 0.29) is 17.2 Å². The lowest BCUT2D eigenvalue weighted by molar-refractivity contribution is -0.118. The van der Waals surface area contributed by atoms with E-state index in [0.29, 0.717) is 11.7 Å². The molecule has 5 nitrogen and oxygen atoms in total. The smallest absolute Gasteiger partial charge is 0.262 e. The number of nitrogens with one attached hydrogen (secondary N) is 1. The fourth-order valence-corrected chi connectivity index (χ4v) is 3.31. The number of rotatable bonds is 7. The van der Waals surface area contributed by atoms with Gasteiger partial charge < -0.3 is 10.1 Å². The van der Waals surface area contributed by atoms with Gasteiger partial charge in [0.15, 0.2) is 16.4 Å². The minimum Gasteiger partial charge on any atom is -0.483 e. The molecular weight excluding hydrogens is 338 g/mol. The first-order chi connectivity index (χ1) is 11.8. The average molecular weight is 361 g/mol. The average Bonchev–Trinajstić information content (AvgIpc) is 2.59. The molecule has 25 heavy (non-hydrogen) atoms. The molecule has 0 radical (unpaired) electrons. The highest BCUT2D eigenvalue weighted by atomic mass is 32.2. The number of amides is 1. The highest BCUT2D eigenvalue weighted by Crippen LogP contribution is 2.28. The van der Waals surface area contributed by atoms with Crippen LogP contribution in [0, 0.1) is 0 Å². The van der Waals surface area contributed by atoms with Gasteiger partial charge in [0.2, 0.25) is 0 Å². The first-order valence-electron chi connectivity index (χ1n) is 8.13. The summed E-state index contributed by atoms with van der Waals surface area (Å²) in [5.74, 6) is 0.587. The van der Waals surface area contributed by atoms with Crippen molar-refractivity contribution in [2.24, 2.45) is 0 Å². The van der Waals surface area contributed by atoms with Gasteiger partial charge in [0.05, 0.1) is 10.6 Å². The van der Waals surface area contributed by atoms with Crippen molar-refractivity contribution in [1.29, 1.82) is 0 Å². The van der Waals surface area contributed by atoms with Crippen molar-refractivity contribution in [3.8, 4) is 5.75 Å². The quantitative estimate of drug-likeness (QED) is 0.817. The highest BCUT2D eigenvalue weighted by Gasteiger charge is 2.15. The molecule has 0 aromatic heterocycles. The molecule has 1 amide bonds. The van der Waals surface area contributed by atoms with E-state index in [1.165, 1.54) is 6.07 Å². The second-order valence-corrected chi connectivity index (χ2v) is 7.94. The molecule has 6 heteroatoms. The van der Waals surface area contributed by atoms with E-state index >= 15 is 0 Å². The highest BCUT2D eigenvalue weighted by molar-refractivity contribution is 7.90. The number of ether oxygens (including phenoxy) is 1. The van der Waals surface area contributed by atoms with Gasteiger partial charge in [-0.05, 0) is 36.1 Å². The molecule has 0 aliphatic heterocycles. The number of carbonyl (C=O) groups excluding carboxylic acids is 1. The third kappa shape index (κ3) is 5.06. The predicted octanol–water partition coefficient (Wildman–Crippen LogP) is 3.62. The van der Waals surface area contributed by atoms with E-state index < -0.39 is 15.7 Å². The summed E-state index contributed by atoms with van der Waals surface area (Å²) in [6, 6.07) is 13.9. The second-order valence-electron chi connectivity index (χ2n) is 5.95. The van der Waals surface area contributed by atoms with Crippen LogP contribution in [0.25, 0.3) is 0 Å². The lowest BCUT2D eigenvalue weighted by Crippen LogP contribution is -2.21. The lowest BCUT2D eigenvalue weighted by atomic mass is 9.98. The molecule has 0 heterocycles. The number of sulfone groups is 1. The summed E-state index contributed by atoms with van der Waals surface area (Å²) < 4.78 is 29.2. The normalized spacial score (nSPS) is 12.4. The van der Waals surface area contributed by atoms with Crippen LogP contribution < -0.4 is 10.1 Å². The van der Waals surface area contributed by atoms with Gasteiger partial charge in [-0.25, -0.2) is 8.42 Å². The second kappa shape index (κ2) is 8.16. The summed E-state index contributed by atoms with van der Waals surface area (Å²) in [5, 5.41) is 2.61. The first-order valence-corrected chi connectivity index (χ1v) is 10.0. The number of benzene rings is 2. The number of para-hydroxylation sites is 2. The molecule has 0 bridgehead atoms. The molecule has 2 aromatic carbocycles. The van der Waals surface area contributed by atoms with Gasteiger partial charge in [-0.1, -0.05) is 44.2 Å². The summed E-state index contributed by atoms with van der Waals surface area (Å²) in [5.41, 5.74) is 1.31. The van der Waals surface area contributed by atoms with Crippen LogP contribution in [-0.4, -0.2) is 27.2 Å². The molecule has 0 saturated heterocycles. The summed E-state index contributed by atoms with van der Waals surface area (Å²) in [6.07, 6.45) is 2.07. The molecule has 1 N–H and O–H groups in total. The van der Waals surface area contributed by atoms with Gasteiger partial charge in [0.25, 0.3) is 5.91 Å². The summed E-state index contributed by atoms with van der Waals surface area (Å²) in [7, 11) is -3.42. The van der Waals surface area contributed by atoms with Crippen LogP contribution in [0.5, 0.6) is 5.75 Å². The van der Waals surface area contributed by atoms with Crippen LogP contribution in [0.2, 0.25) is 0 Å². The Morgan fingerprint density at radius 3 is 2.44 bits per heavy atom. The van der Waals surface area contributed by atoms with Crippen molar-refractivity contribution in [1.82, 2.24) is 0 Å². The Hall–Kier alpha value is -2.34. The summed E-state index contributed by atoms with van der Waals surface area (Å²) >= 11 is 0. The first kappa shape index (κ1) is 19.0. The van der Waals surface area contributed by atoms with Gasteiger partial charge >= 0.3 is 0 Å². The van der Waals surface area contributed by atoms with Crippen molar-refractivity contribution in [3.63, 3.8) is 0 Å². The number of carbonyl (C=O) groups is 1. The molecule has 2 aromatic rings. The van der Waals surface area contributed by atoms with Gasteiger partial charge in [-0.2, -0.15) is 0 Å². The van der Waals surface area contributed by atoms with Crippen molar-refractivity contribution in [2.75, 3.05) is 18.2 Å². The van der Waals surface area contributed by atoms with Crippen molar-refractivity contribution >= 4 is 21.4 Å². The fourth-order valence-electron chi connectivity index (χ4n) is 2.46. The predicted molar refractivity (Wildman–Crippen MR) is 98.8 cm³/mol. The van der Waals surface area contributed by atoms with E-state index in [1.807, 2.05) is 24.3 Å². The number of anilines is 1. The Bertz CT molecular complexity index is 846. The molecular formula is C19H23NO4S. The molecule has 134 valence electrons. The maximum absolute atomic E-state index is 12.2. The maximum Gasteiger partial charge on any atom is 0.262 e. The Kier molecular flexibility index (Phi) is 6.20. The lowest BCUT2D eigenvalue weighted by Gasteiger charge is -2.16. The fraction of sp³-hybridized carbons (Fsp3) is 0.316. The Morgan fingerprint density at radius 2 is 1.76 bits per heavy atom. The molecule has 1 unspecified atom stereocenters. The zero-order valence-electron chi connectivity index (χ0n) is 14.7. The van der Waals surface area contributed by atoms with Crippen LogP contribution in [-0.2, 0) is 14.6 Å². The van der Waals surface area contributed by atoms with Crippen LogP contribution in [0.4, 0.5) is 5.69 Å². The zero-order chi connectivity index (χ0) is 18.4. The van der Waals surface area contributed by atoms with Crippen LogP contribution in [0.3, 0.4) is 0 Å². The Labute approximate surface area is 148 Å². The molecule has 0 spiro atoms. The number of hydrogen-bond acceptors (Lipinski definition) is 4. The minimum atomic E-state index is -3.42. The summed E-state index contributed by atoms with van der Waals surface area (Å²) in [4.78, 5) is 12.3. The molecule has 0 fully saturated rings. The van der Waals surface area contributed by atoms with E-state index in [2.05, 4.69) is 19.2 Å². The number of hydrogen-bond donors (Lipinski definition) is 1. The van der Waals surface area contributed by atoms with Crippen molar-refractivity contribution < 1.29 is 17.9 Å². The molecule has 2 rings (SSSR count). The SMILES string of the molecule is CCC(C)c1ccccc1OCC(=O)Nc1ccccc1S(C)(=O)=O. The van der Waals surface area contributed by atoms with Crippen LogP contribution in [0.15, 0.2) is 53.4 Å². The standard InChI is InChI=1S/C19H23NO4S/c1-4-14(2)15-9-5-7-11-17(15)24-13-19(21)20-16-10-6-8-12-18(16)25(3,22)23/h5-12,14H,4,13H2,1-3H3,(H,20,21). The zero-order valence-corrected chi connectivity index (χ0v) is 15.5. The van der Waals surface area contributed by atoms with Crippen LogP contribution in [0.1, 0.15) is 31.7 Å². The van der Waals surface area contributed by atoms with Crippen LogP contribution >= 0.6 is 0 Å². The molecule has 0 aliphatic rings. The van der Waals surface area contributed by atoms with Gasteiger partial charge in [0.1, 0.15) is 5.75 Å². The van der Waals surface area contributed by atoms with Gasteiger partial charge in [-0.15, -0.1) is 0 Å². The van der Waals surface area contributed by atoms with Crippen molar-refractivity contribution in [2.45, 2.75) is 31.1 Å². The van der Waals surface area contributed by atoms with E-state index in [4.69, 9.17) is 4.74 Å². The monoisotopic (exact) mass is 361 g/mol. The Morgan fingerprint density at radius 1 is 1.12 bits per heavy atom. The topological polar surface area (TPSA) is 72.5 Å². The Balaban J connectivity index is 2.09. The molecule has 0 saturated carbocycles. The minimum absolute atomic E-state index is 0.0864.